The standard InChI is InChI=1S/C3H10O3P/c1-3(2)7(4,5)6/h3-6H,1-2H3/q+1. The van der Waals surface area contributed by atoms with Crippen LogP contribution < -0.4 is 0 Å². The van der Waals surface area contributed by atoms with E-state index in [-0.39, 0.29) is 0 Å². The molecule has 0 bridgehead atoms. The Bertz CT molecular complexity index is 55.7. The molecule has 0 saturated carbocycles. The van der Waals surface area contributed by atoms with Gasteiger partial charge in [0.05, 0.1) is 0 Å². The molecule has 0 saturated heterocycles. The van der Waals surface area contributed by atoms with Gasteiger partial charge in [-0.3, -0.25) is 0 Å². The van der Waals surface area contributed by atoms with Crippen molar-refractivity contribution in [1.29, 1.82) is 0 Å². The van der Waals surface area contributed by atoms with Crippen molar-refractivity contribution >= 4 is 7.94 Å². The van der Waals surface area contributed by atoms with Gasteiger partial charge in [0.25, 0.3) is 0 Å². The third-order valence-corrected chi connectivity index (χ3v) is 2.08. The van der Waals surface area contributed by atoms with Crippen molar-refractivity contribution < 1.29 is 14.7 Å². The first-order chi connectivity index (χ1) is 2.94. The average molecular weight is 125 g/mol. The number of hydrogen-bond donors (Lipinski definition) is 3. The van der Waals surface area contributed by atoms with Gasteiger partial charge < -0.3 is 0 Å². The van der Waals surface area contributed by atoms with E-state index in [4.69, 9.17) is 14.7 Å². The van der Waals surface area contributed by atoms with E-state index in [1.165, 1.54) is 0 Å². The van der Waals surface area contributed by atoms with Crippen molar-refractivity contribution in [3.63, 3.8) is 0 Å². The first-order valence-electron chi connectivity index (χ1n) is 2.01. The Hall–Kier alpha value is 0.310. The van der Waals surface area contributed by atoms with E-state index in [1.54, 1.807) is 13.8 Å². The van der Waals surface area contributed by atoms with Gasteiger partial charge in [0.2, 0.25) is 0 Å². The lowest BCUT2D eigenvalue weighted by Gasteiger charge is -2.04. The van der Waals surface area contributed by atoms with Crippen LogP contribution in [0.4, 0.5) is 0 Å². The van der Waals surface area contributed by atoms with E-state index in [0.29, 0.717) is 0 Å². The van der Waals surface area contributed by atoms with Crippen molar-refractivity contribution in [2.24, 2.45) is 0 Å². The molecule has 0 aliphatic carbocycles. The minimum Gasteiger partial charge on any atom is -0.193 e. The van der Waals surface area contributed by atoms with Gasteiger partial charge >= 0.3 is 7.94 Å². The van der Waals surface area contributed by atoms with Gasteiger partial charge in [0, 0.05) is 0 Å². The molecule has 0 radical (unpaired) electrons. The zero-order valence-corrected chi connectivity index (χ0v) is 5.26. The molecule has 0 aromatic heterocycles. The van der Waals surface area contributed by atoms with Crippen molar-refractivity contribution in [2.75, 3.05) is 0 Å². The second-order valence-electron chi connectivity index (χ2n) is 1.71. The molecular weight excluding hydrogens is 115 g/mol. The van der Waals surface area contributed by atoms with E-state index in [1.807, 2.05) is 0 Å². The van der Waals surface area contributed by atoms with E-state index in [2.05, 4.69) is 0 Å². The summed E-state index contributed by atoms with van der Waals surface area (Å²) in [6, 6.07) is 0. The minimum atomic E-state index is -3.49. The smallest absolute Gasteiger partial charge is 0.193 e. The third kappa shape index (κ3) is 2.94. The Balaban J connectivity index is 3.54. The molecule has 0 aromatic rings. The average Bonchev–Trinajstić information content (AvgIpc) is 1.31. The highest BCUT2D eigenvalue weighted by molar-refractivity contribution is 7.59. The summed E-state index contributed by atoms with van der Waals surface area (Å²) in [5.41, 5.74) is -0.424. The quantitative estimate of drug-likeness (QED) is 0.436. The van der Waals surface area contributed by atoms with Crippen LogP contribution in [0, 0.1) is 0 Å². The molecule has 0 atom stereocenters. The zero-order chi connectivity index (χ0) is 6.08. The molecule has 0 aliphatic heterocycles. The molecule has 0 aromatic carbocycles. The highest BCUT2D eigenvalue weighted by atomic mass is 31.2. The second-order valence-corrected chi connectivity index (χ2v) is 3.97. The maximum absolute atomic E-state index is 8.32. The lowest BCUT2D eigenvalue weighted by Crippen LogP contribution is -2.01. The largest absolute Gasteiger partial charge is 0.406 e. The van der Waals surface area contributed by atoms with Crippen molar-refractivity contribution in [3.8, 4) is 0 Å². The van der Waals surface area contributed by atoms with Crippen LogP contribution >= 0.6 is 7.94 Å². The van der Waals surface area contributed by atoms with Gasteiger partial charge in [0.15, 0.2) is 0 Å². The molecule has 0 rings (SSSR count). The van der Waals surface area contributed by atoms with Gasteiger partial charge in [0.1, 0.15) is 5.66 Å². The molecule has 0 unspecified atom stereocenters. The molecule has 3 N–H and O–H groups in total. The van der Waals surface area contributed by atoms with Crippen LogP contribution in [0.1, 0.15) is 13.8 Å². The van der Waals surface area contributed by atoms with Gasteiger partial charge in [-0.15, -0.1) is 0 Å². The Labute approximate surface area is 43.2 Å². The topological polar surface area (TPSA) is 60.7 Å². The monoisotopic (exact) mass is 125 g/mol. The maximum Gasteiger partial charge on any atom is 0.406 e. The van der Waals surface area contributed by atoms with Crippen molar-refractivity contribution in [2.45, 2.75) is 19.5 Å². The third-order valence-electron chi connectivity index (χ3n) is 0.693. The Kier molecular flexibility index (Phi) is 2.14. The summed E-state index contributed by atoms with van der Waals surface area (Å²) in [4.78, 5) is 25.0. The Morgan fingerprint density at radius 1 is 1.14 bits per heavy atom. The maximum atomic E-state index is 8.32. The van der Waals surface area contributed by atoms with Crippen LogP contribution in [0.3, 0.4) is 0 Å². The molecule has 7 heavy (non-hydrogen) atoms. The molecule has 4 heteroatoms. The summed E-state index contributed by atoms with van der Waals surface area (Å²) in [6.07, 6.45) is 0. The van der Waals surface area contributed by atoms with E-state index >= 15 is 0 Å². The normalized spacial score (nSPS) is 12.9. The Morgan fingerprint density at radius 2 is 1.29 bits per heavy atom. The molecule has 0 amide bonds. The molecular formula is C3H10O3P+. The van der Waals surface area contributed by atoms with Crippen LogP contribution in [0.5, 0.6) is 0 Å². The summed E-state index contributed by atoms with van der Waals surface area (Å²) in [5.74, 6) is 0. The van der Waals surface area contributed by atoms with Crippen LogP contribution in [-0.2, 0) is 0 Å². The van der Waals surface area contributed by atoms with Crippen LogP contribution in [0.25, 0.3) is 0 Å². The van der Waals surface area contributed by atoms with Crippen molar-refractivity contribution in [1.82, 2.24) is 0 Å². The predicted molar refractivity (Wildman–Crippen MR) is 28.7 cm³/mol. The SMILES string of the molecule is CC(C)[P+](O)(O)O. The first kappa shape index (κ1) is 7.31. The highest BCUT2D eigenvalue weighted by Gasteiger charge is 2.34. The van der Waals surface area contributed by atoms with Gasteiger partial charge in [-0.05, 0) is 13.8 Å². The Morgan fingerprint density at radius 3 is 1.29 bits per heavy atom. The molecule has 0 spiro atoms. The molecule has 0 heterocycles. The van der Waals surface area contributed by atoms with Crippen LogP contribution in [0.15, 0.2) is 0 Å². The van der Waals surface area contributed by atoms with Crippen LogP contribution in [0.2, 0.25) is 0 Å². The van der Waals surface area contributed by atoms with E-state index in [0.717, 1.165) is 0 Å². The van der Waals surface area contributed by atoms with E-state index < -0.39 is 13.6 Å². The lowest BCUT2D eigenvalue weighted by atomic mass is 10.6. The van der Waals surface area contributed by atoms with Gasteiger partial charge in [-0.2, -0.15) is 14.7 Å². The summed E-state index contributed by atoms with van der Waals surface area (Å²) >= 11 is 0. The van der Waals surface area contributed by atoms with E-state index in [9.17, 15) is 0 Å². The molecule has 0 aliphatic rings. The second kappa shape index (κ2) is 2.05. The fraction of sp³-hybridized carbons (Fsp3) is 1.00. The predicted octanol–water partition coefficient (Wildman–Crippen LogP) is 0.134. The van der Waals surface area contributed by atoms with Crippen LogP contribution in [-0.4, -0.2) is 20.3 Å². The highest BCUT2D eigenvalue weighted by Crippen LogP contribution is 2.49. The molecule has 44 valence electrons. The number of rotatable bonds is 1. The van der Waals surface area contributed by atoms with Gasteiger partial charge in [-0.1, -0.05) is 0 Å². The summed E-state index contributed by atoms with van der Waals surface area (Å²) < 4.78 is 0. The fourth-order valence-electron chi connectivity index (χ4n) is 0. The first-order valence-corrected chi connectivity index (χ1v) is 3.73. The molecule has 3 nitrogen and oxygen atoms in total. The zero-order valence-electron chi connectivity index (χ0n) is 4.37. The lowest BCUT2D eigenvalue weighted by molar-refractivity contribution is 0.320. The summed E-state index contributed by atoms with van der Waals surface area (Å²) in [5, 5.41) is 0. The minimum absolute atomic E-state index is 0.424. The summed E-state index contributed by atoms with van der Waals surface area (Å²) in [7, 11) is -3.49. The van der Waals surface area contributed by atoms with Crippen molar-refractivity contribution in [3.05, 3.63) is 0 Å². The van der Waals surface area contributed by atoms with Gasteiger partial charge in [-0.25, -0.2) is 0 Å². The number of hydrogen-bond acceptors (Lipinski definition) is 3. The summed E-state index contributed by atoms with van der Waals surface area (Å²) in [6.45, 7) is 3.10. The molecule has 0 fully saturated rings. The fourth-order valence-corrected chi connectivity index (χ4v) is 0.